The summed E-state index contributed by atoms with van der Waals surface area (Å²) in [6.07, 6.45) is -1.86. The second kappa shape index (κ2) is 35.6. The molecule has 77 heavy (non-hydrogen) atoms. The highest BCUT2D eigenvalue weighted by molar-refractivity contribution is 8.76. The minimum absolute atomic E-state index is 0.0514. The van der Waals surface area contributed by atoms with E-state index in [-0.39, 0.29) is 70.3 Å². The quantitative estimate of drug-likeness (QED) is 0.0178. The number of carboxylic acid groups (broad SMARTS) is 1. The number of nitrogens with one attached hydrogen (secondary N) is 3. The fourth-order valence-corrected chi connectivity index (χ4v) is 9.59. The zero-order valence-corrected chi connectivity index (χ0v) is 50.2. The second-order valence-corrected chi connectivity index (χ2v) is 26.6. The molecule has 0 bridgehead atoms. The van der Waals surface area contributed by atoms with Gasteiger partial charge in [0.1, 0.15) is 18.2 Å². The summed E-state index contributed by atoms with van der Waals surface area (Å²) < 4.78 is 48.2. The number of amides is 3. The lowest BCUT2D eigenvalue weighted by molar-refractivity contribution is -0.247. The first-order valence-corrected chi connectivity index (χ1v) is 28.9. The molecule has 1 rings (SSSR count). The number of rotatable bonds is 41. The third-order valence-electron chi connectivity index (χ3n) is 11.6. The first kappa shape index (κ1) is 71.9. The summed E-state index contributed by atoms with van der Waals surface area (Å²) >= 11 is 0. The van der Waals surface area contributed by atoms with Crippen molar-refractivity contribution in [3.63, 3.8) is 0 Å². The number of nitrogens with zero attached hydrogens (tertiary/aromatic N) is 1. The Balaban J connectivity index is 2.96. The van der Waals surface area contributed by atoms with Crippen molar-refractivity contribution < 1.29 is 82.6 Å². The van der Waals surface area contributed by atoms with E-state index >= 15 is 0 Å². The number of carbonyl (C=O) groups excluding carboxylic acids is 3. The van der Waals surface area contributed by atoms with Crippen molar-refractivity contribution in [2.75, 3.05) is 65.0 Å². The molecular weight excluding hydrogens is 1040 g/mol. The summed E-state index contributed by atoms with van der Waals surface area (Å²) in [4.78, 5) is 52.9. The Hall–Kier alpha value is -3.07. The first-order chi connectivity index (χ1) is 35.7. The summed E-state index contributed by atoms with van der Waals surface area (Å²) in [5.74, 6) is -0.632. The predicted molar refractivity (Wildman–Crippen MR) is 296 cm³/mol. The zero-order valence-electron chi connectivity index (χ0n) is 48.6. The van der Waals surface area contributed by atoms with E-state index in [1.54, 1.807) is 17.0 Å². The smallest absolute Gasteiger partial charge is 0.407 e. The van der Waals surface area contributed by atoms with Crippen LogP contribution in [0.2, 0.25) is 0 Å². The normalized spacial score (nSPS) is 15.2. The van der Waals surface area contributed by atoms with Crippen molar-refractivity contribution in [1.82, 2.24) is 20.9 Å². The molecule has 0 aliphatic carbocycles. The SMILES string of the molecule is CC(C)(C)CC(CO)OC(CO)OC(C)(C)CCC(C)(C)CC(CO)OC(COC(=O)NCCC(=O)O)OC(C)(C)CCC(C)(C)CC(CO)OC(COC(=O)NCCC(=O)NCCSSc1ccccn1)OC(C)(C)C. The molecule has 0 saturated heterocycles. The highest BCUT2D eigenvalue weighted by Gasteiger charge is 2.36. The fraction of sp³-hybridized carbons (Fsp3) is 0.833. The lowest BCUT2D eigenvalue weighted by Crippen LogP contribution is -2.42. The Morgan fingerprint density at radius 3 is 1.48 bits per heavy atom. The molecule has 1 aromatic rings. The lowest BCUT2D eigenvalue weighted by Gasteiger charge is -2.38. The maximum absolute atomic E-state index is 12.7. The number of alkyl carbamates (subject to hydrolysis) is 2. The monoisotopic (exact) mass is 1140 g/mol. The third kappa shape index (κ3) is 37.5. The second-order valence-electron chi connectivity index (χ2n) is 24.1. The first-order valence-electron chi connectivity index (χ1n) is 26.6. The molecule has 1 heterocycles. The van der Waals surface area contributed by atoms with Crippen LogP contribution in [-0.2, 0) is 47.5 Å². The Kier molecular flexibility index (Phi) is 33.3. The van der Waals surface area contributed by atoms with E-state index in [0.717, 1.165) is 5.03 Å². The van der Waals surface area contributed by atoms with Gasteiger partial charge in [-0.2, -0.15) is 0 Å². The largest absolute Gasteiger partial charge is 0.481 e. The summed E-state index contributed by atoms with van der Waals surface area (Å²) in [5, 5.41) is 58.9. The maximum atomic E-state index is 12.7. The number of ether oxygens (including phenoxy) is 8. The molecule has 6 unspecified atom stereocenters. The van der Waals surface area contributed by atoms with Crippen LogP contribution >= 0.6 is 21.6 Å². The van der Waals surface area contributed by atoms with Crippen LogP contribution in [0.5, 0.6) is 0 Å². The number of aromatic nitrogens is 1. The molecule has 448 valence electrons. The van der Waals surface area contributed by atoms with E-state index in [4.69, 9.17) is 43.0 Å². The van der Waals surface area contributed by atoms with Gasteiger partial charge in [0.15, 0.2) is 18.9 Å². The van der Waals surface area contributed by atoms with E-state index in [2.05, 4.69) is 20.9 Å². The van der Waals surface area contributed by atoms with Crippen LogP contribution in [0.4, 0.5) is 9.59 Å². The average molecular weight is 1140 g/mol. The molecule has 23 heteroatoms. The minimum Gasteiger partial charge on any atom is -0.481 e. The average Bonchev–Trinajstić information content (AvgIpc) is 3.31. The number of hydrogen-bond acceptors (Lipinski definition) is 19. The van der Waals surface area contributed by atoms with Gasteiger partial charge in [0, 0.05) is 38.0 Å². The van der Waals surface area contributed by atoms with Gasteiger partial charge in [0.2, 0.25) is 5.91 Å². The zero-order chi connectivity index (χ0) is 58.5. The molecule has 0 spiro atoms. The Labute approximate surface area is 466 Å². The van der Waals surface area contributed by atoms with Crippen molar-refractivity contribution >= 4 is 45.7 Å². The molecule has 0 radical (unpaired) electrons. The molecule has 0 aliphatic heterocycles. The molecular formula is C54H98N4O17S2. The molecule has 0 fully saturated rings. The Morgan fingerprint density at radius 2 is 1.04 bits per heavy atom. The summed E-state index contributed by atoms with van der Waals surface area (Å²) in [6.45, 7) is 25.5. The van der Waals surface area contributed by atoms with E-state index in [1.165, 1.54) is 10.8 Å². The van der Waals surface area contributed by atoms with Crippen LogP contribution in [0.1, 0.15) is 155 Å². The summed E-state index contributed by atoms with van der Waals surface area (Å²) in [6, 6.07) is 5.67. The van der Waals surface area contributed by atoms with Gasteiger partial charge in [0.05, 0.1) is 68.0 Å². The molecule has 6 atom stereocenters. The maximum Gasteiger partial charge on any atom is 0.407 e. The molecule has 1 aromatic heterocycles. The van der Waals surface area contributed by atoms with Gasteiger partial charge in [-0.1, -0.05) is 65.3 Å². The number of aliphatic hydroxyl groups excluding tert-OH is 4. The number of hydrogen-bond donors (Lipinski definition) is 8. The van der Waals surface area contributed by atoms with Gasteiger partial charge in [0.25, 0.3) is 0 Å². The van der Waals surface area contributed by atoms with Crippen LogP contribution in [0.15, 0.2) is 29.4 Å². The van der Waals surface area contributed by atoms with Crippen LogP contribution < -0.4 is 16.0 Å². The Morgan fingerprint density at radius 1 is 0.571 bits per heavy atom. The third-order valence-corrected chi connectivity index (χ3v) is 13.9. The molecule has 8 N–H and O–H groups in total. The molecule has 0 saturated carbocycles. The van der Waals surface area contributed by atoms with Crippen LogP contribution in [-0.4, -0.2) is 174 Å². The number of pyridine rings is 1. The van der Waals surface area contributed by atoms with Gasteiger partial charge in [-0.3, -0.25) is 9.59 Å². The van der Waals surface area contributed by atoms with E-state index < -0.39 is 89.6 Å². The summed E-state index contributed by atoms with van der Waals surface area (Å²) in [7, 11) is 3.10. The van der Waals surface area contributed by atoms with E-state index in [9.17, 15) is 39.6 Å². The molecule has 0 aromatic carbocycles. The molecule has 3 amide bonds. The van der Waals surface area contributed by atoms with Crippen LogP contribution in [0.3, 0.4) is 0 Å². The number of aliphatic hydroxyl groups is 4. The van der Waals surface area contributed by atoms with Gasteiger partial charge < -0.3 is 79.4 Å². The Bertz CT molecular complexity index is 1820. The highest BCUT2D eigenvalue weighted by Crippen LogP contribution is 2.37. The van der Waals surface area contributed by atoms with E-state index in [0.29, 0.717) is 57.2 Å². The predicted octanol–water partition coefficient (Wildman–Crippen LogP) is 7.59. The topological polar surface area (TPSA) is 292 Å². The van der Waals surface area contributed by atoms with Crippen molar-refractivity contribution in [1.29, 1.82) is 0 Å². The fourth-order valence-electron chi connectivity index (χ4n) is 7.80. The van der Waals surface area contributed by atoms with Crippen LogP contribution in [0, 0.1) is 16.2 Å². The highest BCUT2D eigenvalue weighted by atomic mass is 33.1. The van der Waals surface area contributed by atoms with Crippen molar-refractivity contribution in [2.24, 2.45) is 16.2 Å². The van der Waals surface area contributed by atoms with Crippen molar-refractivity contribution in [3.8, 4) is 0 Å². The molecule has 0 aliphatic rings. The number of carboxylic acids is 1. The van der Waals surface area contributed by atoms with Crippen molar-refractivity contribution in [2.45, 2.75) is 214 Å². The molecule has 21 nitrogen and oxygen atoms in total. The van der Waals surface area contributed by atoms with Gasteiger partial charge in [-0.05, 0) is 133 Å². The van der Waals surface area contributed by atoms with Gasteiger partial charge in [-0.15, -0.1) is 0 Å². The van der Waals surface area contributed by atoms with Gasteiger partial charge in [-0.25, -0.2) is 14.6 Å². The standard InChI is InChI=1S/C54H98N4O17S2/c1-49(2,3)29-38(32-59)70-44(35-62)74-53(11,12)22-20-51(7,8)31-40(34-61)72-46(37-69-48(67)58-26-19-43(64)65)75-54(13,14)23-21-52(9,10)30-39(33-60)71-45(73-50(4,5)6)36-68-47(66)57-25-18-41(63)55-27-28-76-77-42-17-15-16-24-56-42/h15-17,24,38-40,44-46,59-62H,18-23,25-37H2,1-14H3,(H,55,63)(H,57,66)(H,58,67)(H,64,65). The van der Waals surface area contributed by atoms with Gasteiger partial charge >= 0.3 is 18.2 Å². The van der Waals surface area contributed by atoms with Crippen molar-refractivity contribution in [3.05, 3.63) is 24.4 Å². The van der Waals surface area contributed by atoms with Crippen LogP contribution in [0.25, 0.3) is 0 Å². The number of carbonyl (C=O) groups is 4. The summed E-state index contributed by atoms with van der Waals surface area (Å²) in [5.41, 5.74) is -3.35. The minimum atomic E-state index is -1.16. The van der Waals surface area contributed by atoms with E-state index in [1.807, 2.05) is 115 Å². The lowest BCUT2D eigenvalue weighted by atomic mass is 9.79. The number of aliphatic carboxylic acids is 1.